The lowest BCUT2D eigenvalue weighted by Crippen LogP contribution is -2.55. The second-order valence-electron chi connectivity index (χ2n) is 12.4. The lowest BCUT2D eigenvalue weighted by Gasteiger charge is -2.58. The predicted octanol–water partition coefficient (Wildman–Crippen LogP) is 6.50. The van der Waals surface area contributed by atoms with Crippen molar-refractivity contribution in [2.45, 2.75) is 117 Å². The number of hydrogen-bond donors (Lipinski definition) is 2. The van der Waals surface area contributed by atoms with Crippen molar-refractivity contribution in [2.75, 3.05) is 0 Å². The van der Waals surface area contributed by atoms with Gasteiger partial charge in [0.05, 0.1) is 11.7 Å². The van der Waals surface area contributed by atoms with Gasteiger partial charge in [0.2, 0.25) is 0 Å². The van der Waals surface area contributed by atoms with E-state index in [0.717, 1.165) is 31.1 Å². The monoisotopic (exact) mass is 402 g/mol. The van der Waals surface area contributed by atoms with Gasteiger partial charge in [0.25, 0.3) is 0 Å². The van der Waals surface area contributed by atoms with Gasteiger partial charge in [-0.1, -0.05) is 45.8 Å². The summed E-state index contributed by atoms with van der Waals surface area (Å²) in [7, 11) is 0. The maximum Gasteiger partial charge on any atom is 0.0910 e. The van der Waals surface area contributed by atoms with Crippen molar-refractivity contribution in [1.82, 2.24) is 0 Å². The topological polar surface area (TPSA) is 40.5 Å². The van der Waals surface area contributed by atoms with Crippen molar-refractivity contribution in [3.05, 3.63) is 11.6 Å². The molecule has 0 aromatic carbocycles. The van der Waals surface area contributed by atoms with Crippen LogP contribution in [0.4, 0.5) is 0 Å². The Balaban J connectivity index is 1.56. The first kappa shape index (κ1) is 21.9. The summed E-state index contributed by atoms with van der Waals surface area (Å²) in [6.07, 6.45) is 15.4. The minimum absolute atomic E-state index is 0.180. The van der Waals surface area contributed by atoms with Gasteiger partial charge in [-0.15, -0.1) is 0 Å². The van der Waals surface area contributed by atoms with E-state index in [1.54, 1.807) is 5.57 Å². The van der Waals surface area contributed by atoms with Crippen molar-refractivity contribution < 1.29 is 10.2 Å². The molecule has 4 rings (SSSR count). The fraction of sp³-hybridized carbons (Fsp3) is 0.926. The molecule has 0 aromatic heterocycles. The molecule has 2 N–H and O–H groups in total. The number of allylic oxidation sites excluding steroid dienone is 2. The van der Waals surface area contributed by atoms with E-state index in [-0.39, 0.29) is 11.3 Å². The number of hydrogen-bond acceptors (Lipinski definition) is 2. The molecule has 0 aliphatic heterocycles. The van der Waals surface area contributed by atoms with Crippen molar-refractivity contribution in [3.8, 4) is 0 Å². The largest absolute Gasteiger partial charge is 0.390 e. The summed E-state index contributed by atoms with van der Waals surface area (Å²) < 4.78 is 0. The van der Waals surface area contributed by atoms with E-state index in [4.69, 9.17) is 0 Å². The van der Waals surface area contributed by atoms with Gasteiger partial charge >= 0.3 is 0 Å². The Hall–Kier alpha value is -0.340. The van der Waals surface area contributed by atoms with E-state index in [2.05, 4.69) is 33.8 Å². The third-order valence-electron chi connectivity index (χ3n) is 10.4. The summed E-state index contributed by atoms with van der Waals surface area (Å²) in [5, 5.41) is 22.5. The molecular formula is C27H46O2. The zero-order valence-electron chi connectivity index (χ0n) is 19.7. The maximum atomic E-state index is 11.6. The first-order valence-electron chi connectivity index (χ1n) is 12.7. The summed E-state index contributed by atoms with van der Waals surface area (Å²) in [4.78, 5) is 0. The molecular weight excluding hydrogens is 356 g/mol. The zero-order valence-corrected chi connectivity index (χ0v) is 19.7. The van der Waals surface area contributed by atoms with Gasteiger partial charge in [-0.3, -0.25) is 0 Å². The van der Waals surface area contributed by atoms with E-state index in [1.165, 1.54) is 51.4 Å². The van der Waals surface area contributed by atoms with Crippen LogP contribution in [-0.4, -0.2) is 21.9 Å². The summed E-state index contributed by atoms with van der Waals surface area (Å²) in [6.45, 7) is 11.4. The Kier molecular flexibility index (Phi) is 5.78. The first-order chi connectivity index (χ1) is 13.6. The summed E-state index contributed by atoms with van der Waals surface area (Å²) in [5.74, 6) is 3.14. The van der Waals surface area contributed by atoms with E-state index in [9.17, 15) is 10.2 Å². The molecule has 0 heterocycles. The lowest BCUT2D eigenvalue weighted by molar-refractivity contribution is -0.151. The number of fused-ring (bicyclic) bond motifs is 5. The fourth-order valence-electron chi connectivity index (χ4n) is 8.67. The summed E-state index contributed by atoms with van der Waals surface area (Å²) >= 11 is 0. The Morgan fingerprint density at radius 3 is 2.55 bits per heavy atom. The quantitative estimate of drug-likeness (QED) is 0.515. The molecule has 166 valence electrons. The van der Waals surface area contributed by atoms with Gasteiger partial charge in [-0.2, -0.15) is 0 Å². The van der Waals surface area contributed by atoms with Gasteiger partial charge in [-0.25, -0.2) is 0 Å². The van der Waals surface area contributed by atoms with Gasteiger partial charge < -0.3 is 10.2 Å². The lowest BCUT2D eigenvalue weighted by atomic mass is 9.46. The van der Waals surface area contributed by atoms with E-state index < -0.39 is 11.7 Å². The van der Waals surface area contributed by atoms with Crippen LogP contribution < -0.4 is 0 Å². The molecule has 0 radical (unpaired) electrons. The number of aliphatic hydroxyl groups is 2. The molecule has 8 atom stereocenters. The predicted molar refractivity (Wildman–Crippen MR) is 121 cm³/mol. The highest BCUT2D eigenvalue weighted by atomic mass is 16.3. The maximum absolute atomic E-state index is 11.6. The third kappa shape index (κ3) is 3.45. The number of rotatable bonds is 5. The minimum atomic E-state index is -0.963. The normalized spacial score (nSPS) is 45.0. The Morgan fingerprint density at radius 1 is 1.07 bits per heavy atom. The van der Waals surface area contributed by atoms with Gasteiger partial charge in [0.1, 0.15) is 0 Å². The van der Waals surface area contributed by atoms with Crippen LogP contribution in [0.5, 0.6) is 0 Å². The van der Waals surface area contributed by atoms with Crippen molar-refractivity contribution in [3.63, 3.8) is 0 Å². The van der Waals surface area contributed by atoms with Crippen LogP contribution in [0.1, 0.15) is 105 Å². The first-order valence-corrected chi connectivity index (χ1v) is 12.7. The minimum Gasteiger partial charge on any atom is -0.390 e. The van der Waals surface area contributed by atoms with E-state index in [0.29, 0.717) is 17.3 Å². The van der Waals surface area contributed by atoms with Gasteiger partial charge in [0, 0.05) is 0 Å². The van der Waals surface area contributed by atoms with Crippen LogP contribution in [0.15, 0.2) is 11.6 Å². The SMILES string of the molecule is CC(C)CCC(O)[C@](C)(O)C1CCC2C3CC=C4CCCCC4(C)C3CCC21C. The average Bonchev–Trinajstić information content (AvgIpc) is 3.03. The van der Waals surface area contributed by atoms with E-state index in [1.807, 2.05) is 6.92 Å². The molecule has 0 saturated heterocycles. The molecule has 2 nitrogen and oxygen atoms in total. The molecule has 0 aromatic rings. The van der Waals surface area contributed by atoms with Crippen LogP contribution in [-0.2, 0) is 0 Å². The smallest absolute Gasteiger partial charge is 0.0910 e. The standard InChI is InChI=1S/C27H46O2/c1-18(2)9-14-24(28)27(5,29)23-13-12-21-20-11-10-19-8-6-7-16-25(19,3)22(20)15-17-26(21,23)4/h10,18,20-24,28-29H,6-9,11-17H2,1-5H3/t20?,21?,22?,23?,24?,25?,26?,27-/m1/s1. The van der Waals surface area contributed by atoms with Gasteiger partial charge in [-0.05, 0) is 112 Å². The Labute approximate surface area is 179 Å². The van der Waals surface area contributed by atoms with Crippen molar-refractivity contribution in [1.29, 1.82) is 0 Å². The van der Waals surface area contributed by atoms with Crippen LogP contribution in [0.2, 0.25) is 0 Å². The highest BCUT2D eigenvalue weighted by Crippen LogP contribution is 2.67. The molecule has 0 spiro atoms. The molecule has 4 aliphatic carbocycles. The highest BCUT2D eigenvalue weighted by molar-refractivity contribution is 5.24. The second-order valence-corrected chi connectivity index (χ2v) is 12.4. The van der Waals surface area contributed by atoms with Crippen molar-refractivity contribution >= 4 is 0 Å². The third-order valence-corrected chi connectivity index (χ3v) is 10.4. The molecule has 3 saturated carbocycles. The molecule has 0 bridgehead atoms. The molecule has 4 aliphatic rings. The summed E-state index contributed by atoms with van der Waals surface area (Å²) in [5.41, 5.74) is 1.44. The van der Waals surface area contributed by atoms with Crippen LogP contribution in [0.25, 0.3) is 0 Å². The molecule has 2 heteroatoms. The Bertz CT molecular complexity index is 634. The highest BCUT2D eigenvalue weighted by Gasteiger charge is 2.61. The molecule has 29 heavy (non-hydrogen) atoms. The Morgan fingerprint density at radius 2 is 1.83 bits per heavy atom. The van der Waals surface area contributed by atoms with Crippen LogP contribution in [0, 0.1) is 40.4 Å². The van der Waals surface area contributed by atoms with Gasteiger partial charge in [0.15, 0.2) is 0 Å². The average molecular weight is 403 g/mol. The number of aliphatic hydroxyl groups excluding tert-OH is 1. The van der Waals surface area contributed by atoms with E-state index >= 15 is 0 Å². The van der Waals surface area contributed by atoms with Crippen LogP contribution in [0.3, 0.4) is 0 Å². The van der Waals surface area contributed by atoms with Crippen molar-refractivity contribution in [2.24, 2.45) is 40.4 Å². The summed E-state index contributed by atoms with van der Waals surface area (Å²) in [6, 6.07) is 0. The zero-order chi connectivity index (χ0) is 21.0. The van der Waals surface area contributed by atoms with Crippen LogP contribution >= 0.6 is 0 Å². The fourth-order valence-corrected chi connectivity index (χ4v) is 8.67. The molecule has 0 amide bonds. The second kappa shape index (κ2) is 7.66. The molecule has 7 unspecified atom stereocenters. The molecule has 3 fully saturated rings.